The number of ether oxygens (including phenoxy) is 3. The molecule has 0 saturated heterocycles. The van der Waals surface area contributed by atoms with Crippen molar-refractivity contribution in [2.75, 3.05) is 19.8 Å². The van der Waals surface area contributed by atoms with Crippen molar-refractivity contribution in [2.24, 2.45) is 0 Å². The van der Waals surface area contributed by atoms with Crippen molar-refractivity contribution in [1.82, 2.24) is 0 Å². The Hall–Kier alpha value is -2.40. The summed E-state index contributed by atoms with van der Waals surface area (Å²) in [4.78, 5) is 24.9. The number of esters is 2. The predicted octanol–water partition coefficient (Wildman–Crippen LogP) is 13.4. The highest BCUT2D eigenvalue weighted by molar-refractivity contribution is 5.70. The zero-order chi connectivity index (χ0) is 36.4. The van der Waals surface area contributed by atoms with E-state index >= 15 is 0 Å². The molecule has 0 aliphatic rings. The molecular formula is C45H78O5. The number of rotatable bonds is 37. The van der Waals surface area contributed by atoms with E-state index < -0.39 is 6.10 Å². The molecule has 0 amide bonds. The van der Waals surface area contributed by atoms with Crippen LogP contribution < -0.4 is 0 Å². The molecule has 0 rings (SSSR count). The molecule has 0 aliphatic heterocycles. The Morgan fingerprint density at radius 2 is 0.900 bits per heavy atom. The van der Waals surface area contributed by atoms with Crippen LogP contribution in [0.2, 0.25) is 0 Å². The first-order valence-corrected chi connectivity index (χ1v) is 20.8. The molecule has 0 saturated carbocycles. The van der Waals surface area contributed by atoms with E-state index in [1.807, 2.05) is 0 Å². The molecule has 0 N–H and O–H groups in total. The Labute approximate surface area is 309 Å². The van der Waals surface area contributed by atoms with Crippen molar-refractivity contribution in [3.63, 3.8) is 0 Å². The SMILES string of the molecule is CC/C=C\C/C=C\C/C=C\C/C=C\C/C=C\CCCCOCC(COC(=O)CCCCCCCCCCCCC)OC(=O)CCCCCCC. The van der Waals surface area contributed by atoms with Crippen LogP contribution in [0.1, 0.15) is 188 Å². The lowest BCUT2D eigenvalue weighted by molar-refractivity contribution is -0.163. The van der Waals surface area contributed by atoms with E-state index in [0.29, 0.717) is 19.4 Å². The van der Waals surface area contributed by atoms with Crippen LogP contribution in [0, 0.1) is 0 Å². The second-order valence-electron chi connectivity index (χ2n) is 13.5. The predicted molar refractivity (Wildman–Crippen MR) is 214 cm³/mol. The van der Waals surface area contributed by atoms with Gasteiger partial charge in [-0.05, 0) is 64.2 Å². The zero-order valence-corrected chi connectivity index (χ0v) is 32.9. The van der Waals surface area contributed by atoms with Gasteiger partial charge in [0.25, 0.3) is 0 Å². The van der Waals surface area contributed by atoms with Gasteiger partial charge in [0.15, 0.2) is 6.10 Å². The molecule has 0 heterocycles. The Bertz CT molecular complexity index is 884. The Morgan fingerprint density at radius 1 is 0.460 bits per heavy atom. The number of hydrogen-bond acceptors (Lipinski definition) is 5. The van der Waals surface area contributed by atoms with Gasteiger partial charge in [-0.15, -0.1) is 0 Å². The van der Waals surface area contributed by atoms with Crippen LogP contribution >= 0.6 is 0 Å². The molecule has 0 fully saturated rings. The monoisotopic (exact) mass is 699 g/mol. The molecule has 0 aromatic heterocycles. The van der Waals surface area contributed by atoms with Gasteiger partial charge in [0.05, 0.1) is 6.61 Å². The average molecular weight is 699 g/mol. The van der Waals surface area contributed by atoms with Crippen LogP contribution in [-0.4, -0.2) is 37.9 Å². The number of allylic oxidation sites excluding steroid dienone is 10. The van der Waals surface area contributed by atoms with Gasteiger partial charge < -0.3 is 14.2 Å². The van der Waals surface area contributed by atoms with Gasteiger partial charge in [-0.2, -0.15) is 0 Å². The van der Waals surface area contributed by atoms with E-state index in [1.165, 1.54) is 70.6 Å². The van der Waals surface area contributed by atoms with E-state index in [-0.39, 0.29) is 25.2 Å². The molecule has 1 unspecified atom stereocenters. The highest BCUT2D eigenvalue weighted by Gasteiger charge is 2.17. The topological polar surface area (TPSA) is 61.8 Å². The first-order valence-electron chi connectivity index (χ1n) is 20.8. The summed E-state index contributed by atoms with van der Waals surface area (Å²) in [5, 5.41) is 0. The lowest BCUT2D eigenvalue weighted by Crippen LogP contribution is -2.30. The summed E-state index contributed by atoms with van der Waals surface area (Å²) in [6, 6.07) is 0. The number of carbonyl (C=O) groups excluding carboxylic acids is 2. The van der Waals surface area contributed by atoms with Gasteiger partial charge in [0.1, 0.15) is 6.61 Å². The molecule has 0 spiro atoms. The van der Waals surface area contributed by atoms with E-state index in [2.05, 4.69) is 81.5 Å². The Kier molecular flexibility index (Phi) is 39.1. The maximum absolute atomic E-state index is 12.5. The van der Waals surface area contributed by atoms with Gasteiger partial charge in [0.2, 0.25) is 0 Å². The van der Waals surface area contributed by atoms with Crippen molar-refractivity contribution in [2.45, 2.75) is 194 Å². The lowest BCUT2D eigenvalue weighted by atomic mass is 10.1. The maximum atomic E-state index is 12.5. The summed E-state index contributed by atoms with van der Waals surface area (Å²) in [6.45, 7) is 7.52. The maximum Gasteiger partial charge on any atom is 0.306 e. The molecule has 0 aromatic rings. The standard InChI is InChI=1S/C45H78O5/c1-4-7-10-13-15-17-19-20-21-22-23-24-25-27-29-31-34-37-40-48-41-43(50-45(47)39-36-32-12-9-6-3)42-49-44(46)38-35-33-30-28-26-18-16-14-11-8-5-2/h7,10,15,17,20-21,23-24,27,29,43H,4-6,8-9,11-14,16,18-19,22,25-26,28,30-42H2,1-3H3/b10-7-,17-15-,21-20-,24-23-,29-27-. The average Bonchev–Trinajstić information content (AvgIpc) is 3.11. The Morgan fingerprint density at radius 3 is 1.40 bits per heavy atom. The third-order valence-electron chi connectivity index (χ3n) is 8.57. The first-order chi connectivity index (χ1) is 24.6. The van der Waals surface area contributed by atoms with Crippen LogP contribution in [-0.2, 0) is 23.8 Å². The molecule has 5 nitrogen and oxygen atoms in total. The van der Waals surface area contributed by atoms with Crippen LogP contribution in [0.4, 0.5) is 0 Å². The van der Waals surface area contributed by atoms with E-state index in [0.717, 1.165) is 83.5 Å². The molecule has 0 radical (unpaired) electrons. The molecule has 5 heteroatoms. The highest BCUT2D eigenvalue weighted by Crippen LogP contribution is 2.13. The molecule has 1 atom stereocenters. The Balaban J connectivity index is 4.18. The normalized spacial score (nSPS) is 12.8. The smallest absolute Gasteiger partial charge is 0.306 e. The van der Waals surface area contributed by atoms with Gasteiger partial charge in [-0.25, -0.2) is 0 Å². The molecular weight excluding hydrogens is 620 g/mol. The van der Waals surface area contributed by atoms with Crippen molar-refractivity contribution in [1.29, 1.82) is 0 Å². The van der Waals surface area contributed by atoms with Crippen LogP contribution in [0.5, 0.6) is 0 Å². The minimum Gasteiger partial charge on any atom is -0.462 e. The molecule has 50 heavy (non-hydrogen) atoms. The van der Waals surface area contributed by atoms with Gasteiger partial charge in [0, 0.05) is 19.4 Å². The fraction of sp³-hybridized carbons (Fsp3) is 0.733. The summed E-state index contributed by atoms with van der Waals surface area (Å²) in [6.07, 6.45) is 49.6. The third kappa shape index (κ3) is 38.4. The van der Waals surface area contributed by atoms with E-state index in [9.17, 15) is 9.59 Å². The van der Waals surface area contributed by atoms with Crippen LogP contribution in [0.3, 0.4) is 0 Å². The van der Waals surface area contributed by atoms with E-state index in [4.69, 9.17) is 14.2 Å². The highest BCUT2D eigenvalue weighted by atomic mass is 16.6. The summed E-state index contributed by atoms with van der Waals surface area (Å²) in [7, 11) is 0. The summed E-state index contributed by atoms with van der Waals surface area (Å²) in [5.74, 6) is -0.437. The van der Waals surface area contributed by atoms with Gasteiger partial charge >= 0.3 is 11.9 Å². The van der Waals surface area contributed by atoms with Crippen molar-refractivity contribution in [3.05, 3.63) is 60.8 Å². The number of carbonyl (C=O) groups is 2. The second kappa shape index (κ2) is 41.0. The largest absolute Gasteiger partial charge is 0.462 e. The molecule has 0 aliphatic carbocycles. The summed E-state index contributed by atoms with van der Waals surface area (Å²) < 4.78 is 17.1. The van der Waals surface area contributed by atoms with E-state index in [1.54, 1.807) is 0 Å². The van der Waals surface area contributed by atoms with Gasteiger partial charge in [-0.3, -0.25) is 9.59 Å². The van der Waals surface area contributed by atoms with Crippen LogP contribution in [0.15, 0.2) is 60.8 Å². The van der Waals surface area contributed by atoms with Crippen LogP contribution in [0.25, 0.3) is 0 Å². The van der Waals surface area contributed by atoms with Crippen molar-refractivity contribution >= 4 is 11.9 Å². The van der Waals surface area contributed by atoms with Crippen molar-refractivity contribution < 1.29 is 23.8 Å². The second-order valence-corrected chi connectivity index (χ2v) is 13.5. The third-order valence-corrected chi connectivity index (χ3v) is 8.57. The minimum atomic E-state index is -0.551. The minimum absolute atomic E-state index is 0.0679. The first kappa shape index (κ1) is 47.6. The molecule has 0 aromatic carbocycles. The van der Waals surface area contributed by atoms with Gasteiger partial charge in [-0.1, -0.05) is 171 Å². The molecule has 288 valence electrons. The number of hydrogen-bond donors (Lipinski definition) is 0. The molecule has 0 bridgehead atoms. The zero-order valence-electron chi connectivity index (χ0n) is 32.9. The fourth-order valence-corrected chi connectivity index (χ4v) is 5.48. The summed E-state index contributed by atoms with van der Waals surface area (Å²) in [5.41, 5.74) is 0. The lowest BCUT2D eigenvalue weighted by Gasteiger charge is -2.18. The van der Waals surface area contributed by atoms with Crippen molar-refractivity contribution in [3.8, 4) is 0 Å². The number of unbranched alkanes of at least 4 members (excludes halogenated alkanes) is 16. The fourth-order valence-electron chi connectivity index (χ4n) is 5.48. The quantitative estimate of drug-likeness (QED) is 0.0367. The summed E-state index contributed by atoms with van der Waals surface area (Å²) >= 11 is 0.